The number of benzene rings is 2. The number of fused-ring (bicyclic) bond motifs is 1. The molecule has 0 aliphatic heterocycles. The fourth-order valence-corrected chi connectivity index (χ4v) is 4.93. The van der Waals surface area contributed by atoms with Crippen molar-refractivity contribution in [1.82, 2.24) is 4.98 Å². The van der Waals surface area contributed by atoms with Crippen molar-refractivity contribution >= 4 is 35.2 Å². The molecule has 136 valence electrons. The van der Waals surface area contributed by atoms with Gasteiger partial charge in [-0.2, -0.15) is 0 Å². The van der Waals surface area contributed by atoms with Crippen LogP contribution in [0.1, 0.15) is 19.5 Å². The zero-order valence-electron chi connectivity index (χ0n) is 15.2. The van der Waals surface area contributed by atoms with E-state index in [4.69, 9.17) is 9.05 Å². The molecule has 0 fully saturated rings. The number of hydrogen-bond acceptors (Lipinski definition) is 5. The van der Waals surface area contributed by atoms with Crippen LogP contribution < -0.4 is 10.6 Å². The zero-order valence-corrected chi connectivity index (χ0v) is 16.1. The smallest absolute Gasteiger partial charge is 0.340 e. The van der Waals surface area contributed by atoms with Gasteiger partial charge in [-0.05, 0) is 32.9 Å². The van der Waals surface area contributed by atoms with E-state index in [0.29, 0.717) is 30.0 Å². The number of nitrogens with one attached hydrogen (secondary N) is 1. The maximum atomic E-state index is 13.4. The highest BCUT2D eigenvalue weighted by Gasteiger charge is 2.32. The number of aromatic nitrogens is 1. The molecule has 0 radical (unpaired) electrons. The largest absolute Gasteiger partial charge is 0.363 e. The lowest BCUT2D eigenvalue weighted by molar-refractivity contribution is 0.230. The molecule has 1 aromatic heterocycles. The Balaban J connectivity index is 2.20. The Morgan fingerprint density at radius 2 is 1.50 bits per heavy atom. The van der Waals surface area contributed by atoms with E-state index in [9.17, 15) is 4.57 Å². The molecular formula is C20H23N2O3P. The van der Waals surface area contributed by atoms with Crippen LogP contribution in [-0.4, -0.2) is 18.2 Å². The third kappa shape index (κ3) is 3.65. The lowest BCUT2D eigenvalue weighted by atomic mass is 10.1. The van der Waals surface area contributed by atoms with Gasteiger partial charge in [0, 0.05) is 16.5 Å². The Bertz CT molecular complexity index is 934. The van der Waals surface area contributed by atoms with Crippen LogP contribution in [0.4, 0.5) is 11.5 Å². The molecule has 0 amide bonds. The molecule has 0 saturated carbocycles. The fourth-order valence-electron chi connectivity index (χ4n) is 2.98. The Hall–Kier alpha value is -2.20. The second-order valence-electron chi connectivity index (χ2n) is 5.76. The maximum Gasteiger partial charge on any atom is 0.363 e. The first kappa shape index (κ1) is 18.6. The van der Waals surface area contributed by atoms with Crippen molar-refractivity contribution in [1.29, 1.82) is 0 Å². The summed E-state index contributed by atoms with van der Waals surface area (Å²) in [5, 5.41) is 5.58. The standard InChI is InChI=1S/C20H23N2O3P/c1-4-24-26(23,25-5-2)19-15(3)21-20(18-14-10-9-13-17(18)19)22-16-11-7-6-8-12-16/h6-14H,4-5H2,1-3H3,(H,21,22). The van der Waals surface area contributed by atoms with Gasteiger partial charge in [0.05, 0.1) is 24.2 Å². The van der Waals surface area contributed by atoms with E-state index in [1.807, 2.05) is 75.4 Å². The molecule has 6 heteroatoms. The van der Waals surface area contributed by atoms with Crippen LogP contribution in [-0.2, 0) is 13.6 Å². The first-order valence-electron chi connectivity index (χ1n) is 8.70. The third-order valence-corrected chi connectivity index (χ3v) is 6.28. The van der Waals surface area contributed by atoms with Crippen molar-refractivity contribution in [2.75, 3.05) is 18.5 Å². The van der Waals surface area contributed by atoms with E-state index in [2.05, 4.69) is 10.3 Å². The topological polar surface area (TPSA) is 60.5 Å². The Kier molecular flexibility index (Phi) is 5.72. The minimum atomic E-state index is -3.45. The summed E-state index contributed by atoms with van der Waals surface area (Å²) in [6, 6.07) is 17.6. The molecule has 26 heavy (non-hydrogen) atoms. The molecule has 5 nitrogen and oxygen atoms in total. The lowest BCUT2D eigenvalue weighted by Crippen LogP contribution is -2.17. The van der Waals surface area contributed by atoms with E-state index in [1.165, 1.54) is 0 Å². The molecular weight excluding hydrogens is 347 g/mol. The van der Waals surface area contributed by atoms with E-state index >= 15 is 0 Å². The van der Waals surface area contributed by atoms with Crippen molar-refractivity contribution in [2.24, 2.45) is 0 Å². The molecule has 0 saturated heterocycles. The number of nitrogens with zero attached hydrogens (tertiary/aromatic N) is 1. The molecule has 0 aliphatic rings. The summed E-state index contributed by atoms with van der Waals surface area (Å²) in [4.78, 5) is 4.68. The SMILES string of the molecule is CCOP(=O)(OCC)c1c(C)nc(Nc2ccccc2)c2ccccc12. The highest BCUT2D eigenvalue weighted by Crippen LogP contribution is 2.49. The number of para-hydroxylation sites is 1. The van der Waals surface area contributed by atoms with Crippen LogP contribution in [0.2, 0.25) is 0 Å². The summed E-state index contributed by atoms with van der Waals surface area (Å²) >= 11 is 0. The molecule has 3 rings (SSSR count). The minimum absolute atomic E-state index is 0.301. The van der Waals surface area contributed by atoms with Crippen LogP contribution in [0.5, 0.6) is 0 Å². The van der Waals surface area contributed by atoms with E-state index < -0.39 is 7.60 Å². The molecule has 0 spiro atoms. The first-order chi connectivity index (χ1) is 12.6. The molecule has 2 aromatic carbocycles. The van der Waals surface area contributed by atoms with Crippen molar-refractivity contribution in [3.05, 3.63) is 60.3 Å². The summed E-state index contributed by atoms with van der Waals surface area (Å²) in [7, 11) is -3.45. The van der Waals surface area contributed by atoms with Crippen LogP contribution in [0.25, 0.3) is 10.8 Å². The zero-order chi connectivity index (χ0) is 18.6. The molecule has 1 heterocycles. The number of aryl methyl sites for hydroxylation is 1. The molecule has 0 bridgehead atoms. The Labute approximate surface area is 153 Å². The number of pyridine rings is 1. The molecule has 0 atom stereocenters. The van der Waals surface area contributed by atoms with E-state index in [-0.39, 0.29) is 0 Å². The van der Waals surface area contributed by atoms with Crippen molar-refractivity contribution in [3.63, 3.8) is 0 Å². The third-order valence-electron chi connectivity index (χ3n) is 3.97. The molecule has 1 N–H and O–H groups in total. The second-order valence-corrected chi connectivity index (χ2v) is 7.72. The van der Waals surface area contributed by atoms with Crippen LogP contribution in [0.3, 0.4) is 0 Å². The minimum Gasteiger partial charge on any atom is -0.340 e. The van der Waals surface area contributed by atoms with Crippen molar-refractivity contribution in [2.45, 2.75) is 20.8 Å². The van der Waals surface area contributed by atoms with Gasteiger partial charge in [0.2, 0.25) is 0 Å². The highest BCUT2D eigenvalue weighted by molar-refractivity contribution is 7.62. The van der Waals surface area contributed by atoms with Crippen LogP contribution >= 0.6 is 7.60 Å². The van der Waals surface area contributed by atoms with Gasteiger partial charge in [-0.15, -0.1) is 0 Å². The van der Waals surface area contributed by atoms with Crippen molar-refractivity contribution in [3.8, 4) is 0 Å². The lowest BCUT2D eigenvalue weighted by Gasteiger charge is -2.21. The van der Waals surface area contributed by atoms with Gasteiger partial charge in [0.15, 0.2) is 0 Å². The maximum absolute atomic E-state index is 13.4. The quantitative estimate of drug-likeness (QED) is 0.581. The summed E-state index contributed by atoms with van der Waals surface area (Å²) in [5.41, 5.74) is 1.57. The van der Waals surface area contributed by atoms with Gasteiger partial charge < -0.3 is 14.4 Å². The molecule has 3 aromatic rings. The van der Waals surface area contributed by atoms with Gasteiger partial charge in [0.25, 0.3) is 0 Å². The van der Waals surface area contributed by atoms with Gasteiger partial charge in [-0.1, -0.05) is 42.5 Å². The Morgan fingerprint density at radius 3 is 2.12 bits per heavy atom. The average Bonchev–Trinajstić information content (AvgIpc) is 2.63. The number of hydrogen-bond donors (Lipinski definition) is 1. The van der Waals surface area contributed by atoms with Gasteiger partial charge >= 0.3 is 7.60 Å². The Morgan fingerprint density at radius 1 is 0.923 bits per heavy atom. The monoisotopic (exact) mass is 370 g/mol. The van der Waals surface area contributed by atoms with E-state index in [0.717, 1.165) is 16.5 Å². The molecule has 0 unspecified atom stereocenters. The van der Waals surface area contributed by atoms with Crippen molar-refractivity contribution < 1.29 is 13.6 Å². The van der Waals surface area contributed by atoms with Gasteiger partial charge in [-0.25, -0.2) is 4.98 Å². The average molecular weight is 370 g/mol. The summed E-state index contributed by atoms with van der Waals surface area (Å²) in [6.07, 6.45) is 0. The van der Waals surface area contributed by atoms with E-state index in [1.54, 1.807) is 0 Å². The summed E-state index contributed by atoms with van der Waals surface area (Å²) in [6.45, 7) is 6.05. The normalized spacial score (nSPS) is 11.7. The second kappa shape index (κ2) is 8.00. The first-order valence-corrected chi connectivity index (χ1v) is 10.2. The van der Waals surface area contributed by atoms with Gasteiger partial charge in [0.1, 0.15) is 5.82 Å². The van der Waals surface area contributed by atoms with Gasteiger partial charge in [-0.3, -0.25) is 4.57 Å². The van der Waals surface area contributed by atoms with Crippen LogP contribution in [0, 0.1) is 6.92 Å². The van der Waals surface area contributed by atoms with Crippen LogP contribution in [0.15, 0.2) is 54.6 Å². The molecule has 0 aliphatic carbocycles. The highest BCUT2D eigenvalue weighted by atomic mass is 31.2. The number of rotatable bonds is 7. The predicted molar refractivity (Wildman–Crippen MR) is 107 cm³/mol. The predicted octanol–water partition coefficient (Wildman–Crippen LogP) is 5.18. The fraction of sp³-hybridized carbons (Fsp3) is 0.250. The summed E-state index contributed by atoms with van der Waals surface area (Å²) in [5.74, 6) is 0.715. The number of anilines is 2. The summed E-state index contributed by atoms with van der Waals surface area (Å²) < 4.78 is 24.6.